The van der Waals surface area contributed by atoms with Gasteiger partial charge in [-0.3, -0.25) is 0 Å². The summed E-state index contributed by atoms with van der Waals surface area (Å²) in [4.78, 5) is 12.3. The Bertz CT molecular complexity index is 748. The van der Waals surface area contributed by atoms with Gasteiger partial charge in [0, 0.05) is 6.42 Å². The molecule has 0 unspecified atom stereocenters. The van der Waals surface area contributed by atoms with Crippen LogP contribution in [-0.4, -0.2) is 13.1 Å². The number of benzene rings is 2. The molecule has 0 fully saturated rings. The lowest BCUT2D eigenvalue weighted by Gasteiger charge is -2.43. The Morgan fingerprint density at radius 3 is 2.00 bits per heavy atom. The summed E-state index contributed by atoms with van der Waals surface area (Å²) in [6, 6.07) is 20.5. The number of allylic oxidation sites excluding steroid dienone is 1. The quantitative estimate of drug-likeness (QED) is 0.305. The van der Waals surface area contributed by atoms with Crippen molar-refractivity contribution in [3.8, 4) is 11.8 Å². The summed E-state index contributed by atoms with van der Waals surface area (Å²) in [5.41, 5.74) is 0. The minimum absolute atomic E-state index is 0.227. The van der Waals surface area contributed by atoms with Gasteiger partial charge in [-0.25, -0.2) is 0 Å². The maximum absolute atomic E-state index is 12.3. The van der Waals surface area contributed by atoms with E-state index >= 15 is 0 Å². The van der Waals surface area contributed by atoms with Gasteiger partial charge in [0.2, 0.25) is 0 Å². The van der Waals surface area contributed by atoms with Crippen LogP contribution in [-0.2, 0) is 0 Å². The van der Waals surface area contributed by atoms with Crippen LogP contribution in [0.5, 0.6) is 0 Å². The predicted octanol–water partition coefficient (Wildman–Crippen LogP) is 5.28. The van der Waals surface area contributed by atoms with Gasteiger partial charge in [0.05, 0.1) is 0 Å². The van der Waals surface area contributed by atoms with Crippen molar-refractivity contribution >= 4 is 41.3 Å². The molecule has 0 saturated heterocycles. The van der Waals surface area contributed by atoms with Crippen LogP contribution in [0.15, 0.2) is 70.8 Å². The standard InChI is InChI=1S/C24H29IOSi/c1-4-5-13-21(14-12-19-25)20-24(2,3)27(26,22-15-8-6-9-16-22)23-17-10-7-11-18-23/h6-12,15-19,21,26H,13-14,20H2,1-3H3/b19-12-/t21-/m0/s1. The molecule has 2 aromatic carbocycles. The van der Waals surface area contributed by atoms with Crippen molar-refractivity contribution in [1.82, 2.24) is 0 Å². The topological polar surface area (TPSA) is 20.2 Å². The molecule has 0 bridgehead atoms. The average molecular weight is 488 g/mol. The zero-order valence-corrected chi connectivity index (χ0v) is 19.6. The highest BCUT2D eigenvalue weighted by Gasteiger charge is 2.50. The molecule has 2 rings (SSSR count). The fourth-order valence-corrected chi connectivity index (χ4v) is 8.03. The van der Waals surface area contributed by atoms with E-state index in [2.05, 4.69) is 82.7 Å². The Hall–Kier alpha value is -1.35. The van der Waals surface area contributed by atoms with Gasteiger partial charge in [0.15, 0.2) is 0 Å². The van der Waals surface area contributed by atoms with E-state index in [1.807, 2.05) is 43.3 Å². The second-order valence-corrected chi connectivity index (χ2v) is 12.3. The summed E-state index contributed by atoms with van der Waals surface area (Å²) in [5.74, 6) is 6.73. The zero-order valence-electron chi connectivity index (χ0n) is 16.5. The van der Waals surface area contributed by atoms with Gasteiger partial charge in [-0.2, -0.15) is 0 Å². The van der Waals surface area contributed by atoms with Crippen molar-refractivity contribution in [1.29, 1.82) is 0 Å². The van der Waals surface area contributed by atoms with Crippen LogP contribution < -0.4 is 10.4 Å². The fraction of sp³-hybridized carbons (Fsp3) is 0.333. The molecule has 27 heavy (non-hydrogen) atoms. The summed E-state index contributed by atoms with van der Waals surface area (Å²) in [5, 5.41) is 1.92. The molecule has 3 heteroatoms. The average Bonchev–Trinajstić information content (AvgIpc) is 2.70. The molecular formula is C24H29IOSi. The molecule has 0 heterocycles. The zero-order chi connectivity index (χ0) is 19.8. The normalized spacial score (nSPS) is 13.2. The molecule has 142 valence electrons. The van der Waals surface area contributed by atoms with E-state index in [-0.39, 0.29) is 5.04 Å². The third-order valence-electron chi connectivity index (χ3n) is 5.29. The molecule has 0 spiro atoms. The second-order valence-electron chi connectivity index (χ2n) is 7.62. The summed E-state index contributed by atoms with van der Waals surface area (Å²) in [7, 11) is -2.94. The molecule has 0 aliphatic heterocycles. The summed E-state index contributed by atoms with van der Waals surface area (Å²) < 4.78 is 2.08. The van der Waals surface area contributed by atoms with Gasteiger partial charge in [-0.15, -0.1) is 11.8 Å². The monoisotopic (exact) mass is 488 g/mol. The molecular weight excluding hydrogens is 459 g/mol. The number of halogens is 1. The van der Waals surface area contributed by atoms with Gasteiger partial charge in [-0.1, -0.05) is 103 Å². The Morgan fingerprint density at radius 1 is 1.04 bits per heavy atom. The van der Waals surface area contributed by atoms with Gasteiger partial charge >= 0.3 is 0 Å². The summed E-state index contributed by atoms with van der Waals surface area (Å²) >= 11 is 2.27. The Morgan fingerprint density at radius 2 is 1.56 bits per heavy atom. The van der Waals surface area contributed by atoms with E-state index in [0.717, 1.165) is 29.6 Å². The lowest BCUT2D eigenvalue weighted by molar-refractivity contribution is 0.387. The first kappa shape index (κ1) is 21.9. The molecule has 0 aliphatic rings. The lowest BCUT2D eigenvalue weighted by Crippen LogP contribution is -2.65. The SMILES string of the molecule is CC#CC[C@@H](C/C=C\I)CC(C)(C)[Si](O)(c1ccccc1)c1ccccc1. The van der Waals surface area contributed by atoms with Gasteiger partial charge in [0.1, 0.15) is 0 Å². The van der Waals surface area contributed by atoms with Crippen LogP contribution in [0.25, 0.3) is 0 Å². The molecule has 0 radical (unpaired) electrons. The molecule has 1 N–H and O–H groups in total. The van der Waals surface area contributed by atoms with Crippen molar-refractivity contribution in [3.63, 3.8) is 0 Å². The maximum atomic E-state index is 12.3. The van der Waals surface area contributed by atoms with Crippen LogP contribution in [0.3, 0.4) is 0 Å². The first-order valence-electron chi connectivity index (χ1n) is 9.44. The number of hydrogen-bond acceptors (Lipinski definition) is 1. The van der Waals surface area contributed by atoms with Crippen LogP contribution in [0.1, 0.15) is 40.0 Å². The maximum Gasteiger partial charge on any atom is 0.258 e. The first-order valence-corrected chi connectivity index (χ1v) is 12.6. The predicted molar refractivity (Wildman–Crippen MR) is 128 cm³/mol. The summed E-state index contributed by atoms with van der Waals surface area (Å²) in [6.07, 6.45) is 5.02. The highest BCUT2D eigenvalue weighted by atomic mass is 127. The van der Waals surface area contributed by atoms with Crippen LogP contribution in [0.2, 0.25) is 5.04 Å². The molecule has 0 aliphatic carbocycles. The molecule has 0 saturated carbocycles. The molecule has 0 amide bonds. The van der Waals surface area contributed by atoms with Gasteiger partial charge < -0.3 is 4.80 Å². The third kappa shape index (κ3) is 5.34. The second kappa shape index (κ2) is 10.3. The smallest absolute Gasteiger partial charge is 0.258 e. The third-order valence-corrected chi connectivity index (χ3v) is 10.3. The number of rotatable bonds is 8. The van der Waals surface area contributed by atoms with E-state index in [0.29, 0.717) is 5.92 Å². The fourth-order valence-electron chi connectivity index (χ4n) is 3.91. The van der Waals surface area contributed by atoms with Crippen LogP contribution >= 0.6 is 22.6 Å². The molecule has 1 atom stereocenters. The van der Waals surface area contributed by atoms with E-state index in [1.165, 1.54) is 0 Å². The molecule has 2 aromatic rings. The van der Waals surface area contributed by atoms with Gasteiger partial charge in [0.25, 0.3) is 8.32 Å². The molecule has 1 nitrogen and oxygen atoms in total. The van der Waals surface area contributed by atoms with E-state index < -0.39 is 8.32 Å². The summed E-state index contributed by atoms with van der Waals surface area (Å²) in [6.45, 7) is 6.37. The lowest BCUT2D eigenvalue weighted by atomic mass is 9.91. The molecule has 0 aromatic heterocycles. The minimum atomic E-state index is -2.94. The van der Waals surface area contributed by atoms with E-state index in [4.69, 9.17) is 0 Å². The van der Waals surface area contributed by atoms with E-state index in [1.54, 1.807) is 0 Å². The minimum Gasteiger partial charge on any atom is -0.424 e. The Balaban J connectivity index is 2.47. The van der Waals surface area contributed by atoms with Crippen LogP contribution in [0, 0.1) is 17.8 Å². The highest BCUT2D eigenvalue weighted by Crippen LogP contribution is 2.42. The van der Waals surface area contributed by atoms with Gasteiger partial charge in [-0.05, 0) is 45.2 Å². The number of hydrogen-bond donors (Lipinski definition) is 1. The van der Waals surface area contributed by atoms with Crippen molar-refractivity contribution in [2.45, 2.75) is 45.1 Å². The van der Waals surface area contributed by atoms with Crippen molar-refractivity contribution in [3.05, 3.63) is 70.8 Å². The Labute approximate surface area is 179 Å². The highest BCUT2D eigenvalue weighted by molar-refractivity contribution is 14.1. The Kier molecular flexibility index (Phi) is 8.34. The van der Waals surface area contributed by atoms with E-state index in [9.17, 15) is 4.80 Å². The van der Waals surface area contributed by atoms with Crippen molar-refractivity contribution in [2.75, 3.05) is 0 Å². The van der Waals surface area contributed by atoms with Crippen molar-refractivity contribution < 1.29 is 4.80 Å². The first-order chi connectivity index (χ1) is 13.0. The largest absolute Gasteiger partial charge is 0.424 e. The van der Waals surface area contributed by atoms with Crippen LogP contribution in [0.4, 0.5) is 0 Å². The van der Waals surface area contributed by atoms with Crippen molar-refractivity contribution in [2.24, 2.45) is 5.92 Å².